The summed E-state index contributed by atoms with van der Waals surface area (Å²) in [5, 5.41) is 3.11. The van der Waals surface area contributed by atoms with Crippen LogP contribution in [0.3, 0.4) is 0 Å². The zero-order valence-electron chi connectivity index (χ0n) is 8.87. The molecule has 0 aromatic carbocycles. The number of nitrogens with two attached hydrogens (primary N) is 1. The summed E-state index contributed by atoms with van der Waals surface area (Å²) in [4.78, 5) is 15.5. The zero-order chi connectivity index (χ0) is 11.5. The molecule has 1 fully saturated rings. The SMILES string of the molecule is Nc1cnc(Cl)cc1C(=O)NCCC1CC1. The number of hydrogen-bond acceptors (Lipinski definition) is 3. The second kappa shape index (κ2) is 4.70. The van der Waals surface area contributed by atoms with Crippen LogP contribution < -0.4 is 11.1 Å². The number of carbonyl (C=O) groups excluding carboxylic acids is 1. The van der Waals surface area contributed by atoms with Crippen LogP contribution in [-0.2, 0) is 0 Å². The number of carbonyl (C=O) groups is 1. The number of nitrogens with zero attached hydrogens (tertiary/aromatic N) is 1. The van der Waals surface area contributed by atoms with Gasteiger partial charge in [0.1, 0.15) is 5.15 Å². The van der Waals surface area contributed by atoms with E-state index < -0.39 is 0 Å². The summed E-state index contributed by atoms with van der Waals surface area (Å²) in [5.74, 6) is 0.626. The van der Waals surface area contributed by atoms with Gasteiger partial charge in [0.05, 0.1) is 17.4 Å². The van der Waals surface area contributed by atoms with Crippen molar-refractivity contribution in [3.8, 4) is 0 Å². The molecule has 0 atom stereocenters. The van der Waals surface area contributed by atoms with E-state index in [2.05, 4.69) is 10.3 Å². The quantitative estimate of drug-likeness (QED) is 0.788. The minimum Gasteiger partial charge on any atom is -0.397 e. The lowest BCUT2D eigenvalue weighted by atomic mass is 10.2. The summed E-state index contributed by atoms with van der Waals surface area (Å²) in [5.41, 5.74) is 6.41. The largest absolute Gasteiger partial charge is 0.397 e. The molecule has 1 aliphatic carbocycles. The summed E-state index contributed by atoms with van der Waals surface area (Å²) < 4.78 is 0. The number of nitrogens with one attached hydrogen (secondary N) is 1. The fourth-order valence-electron chi connectivity index (χ4n) is 1.53. The van der Waals surface area contributed by atoms with Gasteiger partial charge in [0.15, 0.2) is 0 Å². The molecule has 0 unspecified atom stereocenters. The van der Waals surface area contributed by atoms with Gasteiger partial charge in [0.25, 0.3) is 5.91 Å². The number of hydrogen-bond donors (Lipinski definition) is 2. The Morgan fingerprint density at radius 2 is 2.38 bits per heavy atom. The fourth-order valence-corrected chi connectivity index (χ4v) is 1.69. The Kier molecular flexibility index (Phi) is 3.29. The molecule has 0 aliphatic heterocycles. The number of pyridine rings is 1. The lowest BCUT2D eigenvalue weighted by Gasteiger charge is -2.06. The normalized spacial score (nSPS) is 14.8. The fraction of sp³-hybridized carbons (Fsp3) is 0.455. The Bertz CT molecular complexity index is 404. The third-order valence-corrected chi connectivity index (χ3v) is 2.89. The van der Waals surface area contributed by atoms with Gasteiger partial charge in [-0.05, 0) is 18.4 Å². The summed E-state index contributed by atoms with van der Waals surface area (Å²) in [7, 11) is 0. The average Bonchev–Trinajstić information content (AvgIpc) is 3.05. The minimum absolute atomic E-state index is 0.178. The maximum atomic E-state index is 11.7. The number of amides is 1. The smallest absolute Gasteiger partial charge is 0.253 e. The first-order valence-electron chi connectivity index (χ1n) is 5.36. The van der Waals surface area contributed by atoms with Crippen LogP contribution in [0.2, 0.25) is 5.15 Å². The molecular formula is C11H14ClN3O. The highest BCUT2D eigenvalue weighted by atomic mass is 35.5. The monoisotopic (exact) mass is 239 g/mol. The lowest BCUT2D eigenvalue weighted by molar-refractivity contribution is 0.0953. The maximum absolute atomic E-state index is 11.7. The van der Waals surface area contributed by atoms with Crippen LogP contribution in [-0.4, -0.2) is 17.4 Å². The highest BCUT2D eigenvalue weighted by Crippen LogP contribution is 2.31. The molecular weight excluding hydrogens is 226 g/mol. The molecule has 3 N–H and O–H groups in total. The van der Waals surface area contributed by atoms with E-state index in [0.29, 0.717) is 17.8 Å². The molecule has 1 aromatic heterocycles. The Labute approximate surface area is 99.2 Å². The van der Waals surface area contributed by atoms with E-state index in [1.54, 1.807) is 0 Å². The van der Waals surface area contributed by atoms with Crippen molar-refractivity contribution in [3.05, 3.63) is 23.0 Å². The predicted octanol–water partition coefficient (Wildman–Crippen LogP) is 1.85. The molecule has 16 heavy (non-hydrogen) atoms. The van der Waals surface area contributed by atoms with Gasteiger partial charge in [-0.15, -0.1) is 0 Å². The zero-order valence-corrected chi connectivity index (χ0v) is 9.63. The molecule has 0 radical (unpaired) electrons. The second-order valence-electron chi connectivity index (χ2n) is 4.08. The van der Waals surface area contributed by atoms with E-state index in [1.807, 2.05) is 0 Å². The maximum Gasteiger partial charge on any atom is 0.253 e. The third kappa shape index (κ3) is 2.85. The van der Waals surface area contributed by atoms with Crippen molar-refractivity contribution in [2.24, 2.45) is 5.92 Å². The van der Waals surface area contributed by atoms with Crippen LogP contribution in [0.25, 0.3) is 0 Å². The summed E-state index contributed by atoms with van der Waals surface area (Å²) >= 11 is 5.71. The molecule has 1 saturated carbocycles. The van der Waals surface area contributed by atoms with Crippen LogP contribution in [0.5, 0.6) is 0 Å². The molecule has 5 heteroatoms. The molecule has 1 heterocycles. The first kappa shape index (κ1) is 11.2. The van der Waals surface area contributed by atoms with Crippen molar-refractivity contribution in [1.29, 1.82) is 0 Å². The van der Waals surface area contributed by atoms with Crippen molar-refractivity contribution in [2.45, 2.75) is 19.3 Å². The Morgan fingerprint density at radius 3 is 3.06 bits per heavy atom. The average molecular weight is 240 g/mol. The van der Waals surface area contributed by atoms with Gasteiger partial charge in [0.2, 0.25) is 0 Å². The van der Waals surface area contributed by atoms with Crippen molar-refractivity contribution in [3.63, 3.8) is 0 Å². The minimum atomic E-state index is -0.178. The first-order valence-corrected chi connectivity index (χ1v) is 5.74. The standard InChI is InChI=1S/C11H14ClN3O/c12-10-5-8(9(13)6-15-10)11(16)14-4-3-7-1-2-7/h5-7H,1-4,13H2,(H,14,16). The van der Waals surface area contributed by atoms with E-state index in [-0.39, 0.29) is 11.1 Å². The molecule has 2 rings (SSSR count). The predicted molar refractivity (Wildman–Crippen MR) is 63.3 cm³/mol. The van der Waals surface area contributed by atoms with Crippen LogP contribution in [0.15, 0.2) is 12.3 Å². The molecule has 4 nitrogen and oxygen atoms in total. The summed E-state index contributed by atoms with van der Waals surface area (Å²) in [6, 6.07) is 1.49. The number of anilines is 1. The molecule has 0 spiro atoms. The number of aromatic nitrogens is 1. The van der Waals surface area contributed by atoms with E-state index in [0.717, 1.165) is 12.3 Å². The van der Waals surface area contributed by atoms with Gasteiger partial charge in [-0.2, -0.15) is 0 Å². The molecule has 1 amide bonds. The highest BCUT2D eigenvalue weighted by molar-refractivity contribution is 6.29. The van der Waals surface area contributed by atoms with Gasteiger partial charge in [0, 0.05) is 6.54 Å². The second-order valence-corrected chi connectivity index (χ2v) is 4.47. The highest BCUT2D eigenvalue weighted by Gasteiger charge is 2.21. The molecule has 1 aliphatic rings. The lowest BCUT2D eigenvalue weighted by Crippen LogP contribution is -2.25. The number of rotatable bonds is 4. The van der Waals surface area contributed by atoms with Crippen LogP contribution >= 0.6 is 11.6 Å². The summed E-state index contributed by atoms with van der Waals surface area (Å²) in [6.45, 7) is 0.697. The van der Waals surface area contributed by atoms with Gasteiger partial charge in [-0.3, -0.25) is 4.79 Å². The van der Waals surface area contributed by atoms with Crippen molar-refractivity contribution in [1.82, 2.24) is 10.3 Å². The van der Waals surface area contributed by atoms with E-state index in [1.165, 1.54) is 25.1 Å². The molecule has 0 bridgehead atoms. The third-order valence-electron chi connectivity index (χ3n) is 2.68. The Morgan fingerprint density at radius 1 is 1.62 bits per heavy atom. The number of halogens is 1. The van der Waals surface area contributed by atoms with Gasteiger partial charge < -0.3 is 11.1 Å². The van der Waals surface area contributed by atoms with E-state index in [4.69, 9.17) is 17.3 Å². The van der Waals surface area contributed by atoms with Crippen molar-refractivity contribution >= 4 is 23.2 Å². The topological polar surface area (TPSA) is 68.0 Å². The van der Waals surface area contributed by atoms with Crippen LogP contribution in [0.4, 0.5) is 5.69 Å². The van der Waals surface area contributed by atoms with Gasteiger partial charge >= 0.3 is 0 Å². The Hall–Kier alpha value is -1.29. The Balaban J connectivity index is 1.93. The van der Waals surface area contributed by atoms with Crippen LogP contribution in [0.1, 0.15) is 29.6 Å². The molecule has 86 valence electrons. The van der Waals surface area contributed by atoms with Gasteiger partial charge in [-0.1, -0.05) is 24.4 Å². The van der Waals surface area contributed by atoms with E-state index >= 15 is 0 Å². The van der Waals surface area contributed by atoms with E-state index in [9.17, 15) is 4.79 Å². The van der Waals surface area contributed by atoms with Crippen molar-refractivity contribution in [2.75, 3.05) is 12.3 Å². The van der Waals surface area contributed by atoms with Gasteiger partial charge in [-0.25, -0.2) is 4.98 Å². The molecule has 1 aromatic rings. The number of nitrogen functional groups attached to an aromatic ring is 1. The molecule has 0 saturated heterocycles. The van der Waals surface area contributed by atoms with Crippen LogP contribution in [0, 0.1) is 5.92 Å². The van der Waals surface area contributed by atoms with Crippen molar-refractivity contribution < 1.29 is 4.79 Å². The first-order chi connectivity index (χ1) is 7.66. The summed E-state index contributed by atoms with van der Waals surface area (Å²) in [6.07, 6.45) is 5.03.